The summed E-state index contributed by atoms with van der Waals surface area (Å²) in [5, 5.41) is 29.0. The maximum Gasteiger partial charge on any atom is 0.311 e. The van der Waals surface area contributed by atoms with Crippen molar-refractivity contribution in [3.8, 4) is 0 Å². The number of likely N-dealkylation sites (N-methyl/N-ethyl adjacent to an activating group) is 1. The molecule has 0 aromatic heterocycles. The quantitative estimate of drug-likeness (QED) is 0.379. The standard InChI is InChI=1S/C43H65N3O12/c1-12-33-43(9,51)38-25(4)34-23(2)20-42(8,53-22-30(21-52-38)45-58-32(39(49)44-34)19-29-16-14-13-15-17-29)37(26(5)35(48)27(6)40(50)56-33)57-41-36(55-28(7)47)31(46(10)11)18-24(3)54-41/h13-17,23-27,31-33,35-38,41,48,51H,12,18-22H2,1-11H3/b44-34?,45-30+/t23-,24-,25-,26+,27-,31+,32+,33-,35+,36-,37-,38+,41+,42-,43-/m1/s1. The Hall–Kier alpha value is -3.31. The zero-order valence-electron chi connectivity index (χ0n) is 36.0. The number of aliphatic hydroxyl groups excluding tert-OH is 1. The van der Waals surface area contributed by atoms with Crippen LogP contribution < -0.4 is 0 Å². The third kappa shape index (κ3) is 10.2. The van der Waals surface area contributed by atoms with Gasteiger partial charge in [-0.1, -0.05) is 63.2 Å². The average molecular weight is 816 g/mol. The molecule has 15 heteroatoms. The summed E-state index contributed by atoms with van der Waals surface area (Å²) in [4.78, 5) is 53.6. The summed E-state index contributed by atoms with van der Waals surface area (Å²) in [5.74, 6) is -4.94. The van der Waals surface area contributed by atoms with Crippen molar-refractivity contribution in [1.82, 2.24) is 4.90 Å². The molecule has 1 aromatic carbocycles. The largest absolute Gasteiger partial charge is 0.459 e. The number of fused-ring (bicyclic) bond motifs is 4. The minimum absolute atomic E-state index is 0.161. The third-order valence-corrected chi connectivity index (χ3v) is 12.4. The van der Waals surface area contributed by atoms with Crippen molar-refractivity contribution in [3.05, 3.63) is 35.9 Å². The molecule has 0 spiro atoms. The normalized spacial score (nSPS) is 41.5. The number of hydrogen-bond donors (Lipinski definition) is 2. The molecule has 5 rings (SSSR count). The van der Waals surface area contributed by atoms with E-state index in [9.17, 15) is 24.6 Å². The maximum atomic E-state index is 14.3. The highest BCUT2D eigenvalue weighted by Gasteiger charge is 2.54. The predicted octanol–water partition coefficient (Wildman–Crippen LogP) is 3.89. The van der Waals surface area contributed by atoms with Gasteiger partial charge in [-0.15, -0.1) is 0 Å². The lowest BCUT2D eigenvalue weighted by Gasteiger charge is -2.49. The number of hydrogen-bond acceptors (Lipinski definition) is 14. The summed E-state index contributed by atoms with van der Waals surface area (Å²) in [6, 6.07) is 9.16. The van der Waals surface area contributed by atoms with Crippen LogP contribution in [0.15, 0.2) is 40.5 Å². The van der Waals surface area contributed by atoms with Gasteiger partial charge in [-0.05, 0) is 72.5 Å². The molecule has 3 fully saturated rings. The SMILES string of the molecule is CC[C@H]1OC(=O)[C@H](C)[C@@H](O)[C@H](C)[C@@H](O[C@@H]2O[C@H](C)C[C@H](N(C)C)[C@H]2OC(C)=O)[C@@]2(C)C[C@@H](C)C3=NC(=O)[C@H](Cc4ccccc4)O/N=C(\CO[C@@H]([C@@H]3C)[C@]1(C)O)CO2. The molecule has 4 heterocycles. The third-order valence-electron chi connectivity index (χ3n) is 12.4. The first-order valence-corrected chi connectivity index (χ1v) is 20.7. The van der Waals surface area contributed by atoms with Crippen LogP contribution >= 0.6 is 0 Å². The summed E-state index contributed by atoms with van der Waals surface area (Å²) in [6.45, 7) is 15.2. The monoisotopic (exact) mass is 815 g/mol. The van der Waals surface area contributed by atoms with E-state index in [1.807, 2.05) is 77.0 Å². The minimum atomic E-state index is -1.80. The highest BCUT2D eigenvalue weighted by molar-refractivity contribution is 6.00. The molecule has 3 saturated heterocycles. The van der Waals surface area contributed by atoms with Crippen molar-refractivity contribution >= 4 is 29.3 Å². The summed E-state index contributed by atoms with van der Waals surface area (Å²) in [5.41, 5.74) is -1.59. The molecule has 0 saturated carbocycles. The second-order valence-electron chi connectivity index (χ2n) is 17.5. The molecule has 58 heavy (non-hydrogen) atoms. The lowest BCUT2D eigenvalue weighted by atomic mass is 9.73. The van der Waals surface area contributed by atoms with Crippen molar-refractivity contribution in [2.45, 2.75) is 154 Å². The van der Waals surface area contributed by atoms with Gasteiger partial charge in [0, 0.05) is 30.9 Å². The number of oxime groups is 1. The number of carbonyl (C=O) groups is 3. The summed E-state index contributed by atoms with van der Waals surface area (Å²) < 4.78 is 38.9. The fraction of sp³-hybridized carbons (Fsp3) is 0.744. The second-order valence-corrected chi connectivity index (χ2v) is 17.5. The predicted molar refractivity (Wildman–Crippen MR) is 214 cm³/mol. The van der Waals surface area contributed by atoms with Gasteiger partial charge >= 0.3 is 11.9 Å². The Balaban J connectivity index is 1.71. The van der Waals surface area contributed by atoms with Crippen LogP contribution in [0, 0.1) is 23.7 Å². The molecule has 1 amide bonds. The number of esters is 2. The molecule has 0 aliphatic carbocycles. The number of cyclic esters (lactones) is 1. The van der Waals surface area contributed by atoms with Gasteiger partial charge < -0.3 is 48.4 Å². The average Bonchev–Trinajstić information content (AvgIpc) is 3.19. The molecule has 0 unspecified atom stereocenters. The Labute approximate surface area is 342 Å². The van der Waals surface area contributed by atoms with E-state index in [1.165, 1.54) is 6.92 Å². The molecule has 2 N–H and O–H groups in total. The number of rotatable bonds is 7. The van der Waals surface area contributed by atoms with E-state index in [1.54, 1.807) is 27.7 Å². The molecule has 0 radical (unpaired) electrons. The molecule has 4 bridgehead atoms. The second kappa shape index (κ2) is 18.9. The summed E-state index contributed by atoms with van der Waals surface area (Å²) >= 11 is 0. The molecule has 4 aliphatic rings. The fourth-order valence-electron chi connectivity index (χ4n) is 9.21. The number of benzene rings is 1. The molecule has 324 valence electrons. The van der Waals surface area contributed by atoms with Gasteiger partial charge in [-0.25, -0.2) is 4.99 Å². The smallest absolute Gasteiger partial charge is 0.311 e. The van der Waals surface area contributed by atoms with Crippen LogP contribution in [0.4, 0.5) is 0 Å². The Bertz CT molecular complexity index is 1650. The van der Waals surface area contributed by atoms with E-state index in [4.69, 9.17) is 38.3 Å². The molecule has 4 aliphatic heterocycles. The van der Waals surface area contributed by atoms with Crippen LogP contribution in [-0.2, 0) is 54.1 Å². The van der Waals surface area contributed by atoms with E-state index in [0.29, 0.717) is 12.1 Å². The molecular formula is C43H65N3O12. The van der Waals surface area contributed by atoms with Gasteiger partial charge in [-0.2, -0.15) is 0 Å². The summed E-state index contributed by atoms with van der Waals surface area (Å²) in [7, 11) is 3.79. The Morgan fingerprint density at radius 3 is 2.36 bits per heavy atom. The van der Waals surface area contributed by atoms with Gasteiger partial charge in [0.05, 0.1) is 55.2 Å². The Morgan fingerprint density at radius 2 is 1.72 bits per heavy atom. The fourth-order valence-corrected chi connectivity index (χ4v) is 9.21. The van der Waals surface area contributed by atoms with E-state index in [2.05, 4.69) is 5.16 Å². The van der Waals surface area contributed by atoms with Gasteiger partial charge in [0.1, 0.15) is 17.4 Å². The van der Waals surface area contributed by atoms with E-state index in [-0.39, 0.29) is 50.3 Å². The topological polar surface area (TPSA) is 184 Å². The van der Waals surface area contributed by atoms with Crippen molar-refractivity contribution in [1.29, 1.82) is 0 Å². The number of nitrogens with zero attached hydrogens (tertiary/aromatic N) is 3. The maximum absolute atomic E-state index is 14.3. The van der Waals surface area contributed by atoms with Crippen LogP contribution in [0.5, 0.6) is 0 Å². The first-order valence-electron chi connectivity index (χ1n) is 20.7. The first kappa shape index (κ1) is 45.8. The number of ether oxygens (including phenoxy) is 6. The molecular weight excluding hydrogens is 750 g/mol. The van der Waals surface area contributed by atoms with E-state index >= 15 is 0 Å². The van der Waals surface area contributed by atoms with E-state index in [0.717, 1.165) is 5.56 Å². The Kier molecular flexibility index (Phi) is 15.0. The van der Waals surface area contributed by atoms with E-state index < -0.39 is 95.6 Å². The van der Waals surface area contributed by atoms with Gasteiger partial charge in [-0.3, -0.25) is 14.4 Å². The zero-order chi connectivity index (χ0) is 42.7. The van der Waals surface area contributed by atoms with Gasteiger partial charge in [0.25, 0.3) is 5.91 Å². The molecule has 1 aromatic rings. The van der Waals surface area contributed by atoms with Crippen molar-refractivity contribution < 1.29 is 57.9 Å². The van der Waals surface area contributed by atoms with Gasteiger partial charge in [0.15, 0.2) is 12.4 Å². The lowest BCUT2D eigenvalue weighted by Crippen LogP contribution is -2.61. The molecule has 15 nitrogen and oxygen atoms in total. The minimum Gasteiger partial charge on any atom is -0.459 e. The number of aliphatic hydroxyl groups is 2. The van der Waals surface area contributed by atoms with Crippen LogP contribution in [0.1, 0.15) is 87.1 Å². The van der Waals surface area contributed by atoms with Crippen LogP contribution in [0.25, 0.3) is 0 Å². The van der Waals surface area contributed by atoms with Gasteiger partial charge in [0.2, 0.25) is 6.10 Å². The Morgan fingerprint density at radius 1 is 1.03 bits per heavy atom. The number of amides is 1. The first-order chi connectivity index (χ1) is 27.3. The van der Waals surface area contributed by atoms with Crippen molar-refractivity contribution in [2.75, 3.05) is 27.3 Å². The van der Waals surface area contributed by atoms with Crippen LogP contribution in [0.3, 0.4) is 0 Å². The van der Waals surface area contributed by atoms with Crippen LogP contribution in [-0.4, -0.2) is 138 Å². The number of aliphatic imine (C=N–C) groups is 1. The lowest BCUT2D eigenvalue weighted by molar-refractivity contribution is -0.304. The highest BCUT2D eigenvalue weighted by atomic mass is 16.7. The summed E-state index contributed by atoms with van der Waals surface area (Å²) in [6.07, 6.45) is -6.71. The van der Waals surface area contributed by atoms with Crippen molar-refractivity contribution in [2.24, 2.45) is 33.8 Å². The van der Waals surface area contributed by atoms with Crippen LogP contribution in [0.2, 0.25) is 0 Å². The molecule has 15 atom stereocenters. The highest BCUT2D eigenvalue weighted by Crippen LogP contribution is 2.41. The van der Waals surface area contributed by atoms with Crippen molar-refractivity contribution in [3.63, 3.8) is 0 Å². The number of carbonyl (C=O) groups excluding carboxylic acids is 3. The zero-order valence-corrected chi connectivity index (χ0v) is 36.0.